The summed E-state index contributed by atoms with van der Waals surface area (Å²) in [6.45, 7) is 3.66. The van der Waals surface area contributed by atoms with E-state index < -0.39 is 5.97 Å². The summed E-state index contributed by atoms with van der Waals surface area (Å²) in [5, 5.41) is 9.97. The van der Waals surface area contributed by atoms with E-state index in [-0.39, 0.29) is 18.2 Å². The first-order valence-electron chi connectivity index (χ1n) is 9.78. The lowest BCUT2D eigenvalue weighted by molar-refractivity contribution is 0.0516. The maximum atomic E-state index is 11.9. The second kappa shape index (κ2) is 8.87. The van der Waals surface area contributed by atoms with E-state index >= 15 is 0 Å². The molecule has 150 valence electrons. The fourth-order valence-corrected chi connectivity index (χ4v) is 3.46. The second-order valence-corrected chi connectivity index (χ2v) is 6.85. The van der Waals surface area contributed by atoms with Crippen molar-refractivity contribution in [2.45, 2.75) is 25.7 Å². The summed E-state index contributed by atoms with van der Waals surface area (Å²) in [4.78, 5) is 11.9. The molecule has 7 heteroatoms. The molecule has 1 aromatic heterocycles. The molecule has 1 fully saturated rings. The maximum absolute atomic E-state index is 11.9. The standard InChI is InChI=1S/C22H23N3O4/c1-2-28-22(26)20-21(24-25-23-20)29-19-8-6-15(7-9-19)17-4-3-5-18(14-17)16-10-12-27-13-11-16/h3-9,14,16H,2,10-13H2,1H3,(H,23,24,25). The molecule has 0 saturated carbocycles. The normalized spacial score (nSPS) is 14.5. The van der Waals surface area contributed by atoms with Gasteiger partial charge in [-0.05, 0) is 54.5 Å². The van der Waals surface area contributed by atoms with Crippen molar-refractivity contribution in [3.63, 3.8) is 0 Å². The van der Waals surface area contributed by atoms with Gasteiger partial charge < -0.3 is 14.2 Å². The topological polar surface area (TPSA) is 86.3 Å². The number of carbonyl (C=O) groups is 1. The molecule has 4 rings (SSSR count). The fourth-order valence-electron chi connectivity index (χ4n) is 3.46. The van der Waals surface area contributed by atoms with Crippen molar-refractivity contribution < 1.29 is 19.0 Å². The van der Waals surface area contributed by atoms with Crippen LogP contribution in [0.3, 0.4) is 0 Å². The number of nitrogens with one attached hydrogen (secondary N) is 1. The monoisotopic (exact) mass is 393 g/mol. The summed E-state index contributed by atoms with van der Waals surface area (Å²) in [5.74, 6) is 0.667. The first-order chi connectivity index (χ1) is 14.2. The van der Waals surface area contributed by atoms with Gasteiger partial charge in [0.05, 0.1) is 6.61 Å². The van der Waals surface area contributed by atoms with E-state index in [1.54, 1.807) is 6.92 Å². The van der Waals surface area contributed by atoms with Gasteiger partial charge in [-0.15, -0.1) is 0 Å². The third-order valence-electron chi connectivity index (χ3n) is 4.98. The van der Waals surface area contributed by atoms with Crippen LogP contribution >= 0.6 is 0 Å². The predicted molar refractivity (Wildman–Crippen MR) is 107 cm³/mol. The minimum Gasteiger partial charge on any atom is -0.461 e. The van der Waals surface area contributed by atoms with Crippen LogP contribution in [-0.4, -0.2) is 41.2 Å². The molecule has 29 heavy (non-hydrogen) atoms. The maximum Gasteiger partial charge on any atom is 0.362 e. The van der Waals surface area contributed by atoms with E-state index in [2.05, 4.69) is 39.7 Å². The Labute approximate surface area is 169 Å². The van der Waals surface area contributed by atoms with Gasteiger partial charge in [-0.1, -0.05) is 46.7 Å². The number of hydrogen-bond donors (Lipinski definition) is 1. The van der Waals surface area contributed by atoms with Crippen LogP contribution in [0.15, 0.2) is 48.5 Å². The molecular weight excluding hydrogens is 370 g/mol. The van der Waals surface area contributed by atoms with Gasteiger partial charge in [-0.3, -0.25) is 0 Å². The van der Waals surface area contributed by atoms with E-state index in [9.17, 15) is 4.79 Å². The van der Waals surface area contributed by atoms with Gasteiger partial charge in [0.15, 0.2) is 0 Å². The van der Waals surface area contributed by atoms with Crippen LogP contribution in [-0.2, 0) is 9.47 Å². The van der Waals surface area contributed by atoms with Crippen LogP contribution in [0.5, 0.6) is 11.6 Å². The number of rotatable bonds is 6. The molecule has 0 bridgehead atoms. The quantitative estimate of drug-likeness (QED) is 0.627. The lowest BCUT2D eigenvalue weighted by Gasteiger charge is -2.22. The summed E-state index contributed by atoms with van der Waals surface area (Å²) < 4.78 is 16.1. The van der Waals surface area contributed by atoms with Crippen molar-refractivity contribution in [2.24, 2.45) is 0 Å². The molecule has 0 radical (unpaired) electrons. The summed E-state index contributed by atoms with van der Waals surface area (Å²) in [5.41, 5.74) is 3.71. The smallest absolute Gasteiger partial charge is 0.362 e. The number of benzene rings is 2. The number of hydrogen-bond acceptors (Lipinski definition) is 6. The number of aromatic amines is 1. The first-order valence-corrected chi connectivity index (χ1v) is 9.78. The van der Waals surface area contributed by atoms with Crippen molar-refractivity contribution in [1.82, 2.24) is 15.4 Å². The summed E-state index contributed by atoms with van der Waals surface area (Å²) in [6.07, 6.45) is 2.13. The molecule has 0 aliphatic carbocycles. The van der Waals surface area contributed by atoms with Gasteiger partial charge >= 0.3 is 5.97 Å². The van der Waals surface area contributed by atoms with E-state index in [4.69, 9.17) is 14.2 Å². The fraction of sp³-hybridized carbons (Fsp3) is 0.318. The minimum absolute atomic E-state index is 0.0951. The average molecular weight is 393 g/mol. The average Bonchev–Trinajstić information content (AvgIpc) is 3.23. The Morgan fingerprint density at radius 1 is 1.14 bits per heavy atom. The molecule has 2 heterocycles. The summed E-state index contributed by atoms with van der Waals surface area (Å²) in [7, 11) is 0. The molecular formula is C22H23N3O4. The van der Waals surface area contributed by atoms with Gasteiger partial charge in [0.1, 0.15) is 5.75 Å². The molecule has 7 nitrogen and oxygen atoms in total. The van der Waals surface area contributed by atoms with Crippen molar-refractivity contribution >= 4 is 5.97 Å². The van der Waals surface area contributed by atoms with Crippen LogP contribution in [0.25, 0.3) is 11.1 Å². The van der Waals surface area contributed by atoms with Crippen LogP contribution in [0.2, 0.25) is 0 Å². The minimum atomic E-state index is -0.547. The molecule has 3 aromatic rings. The van der Waals surface area contributed by atoms with Crippen molar-refractivity contribution in [2.75, 3.05) is 19.8 Å². The number of ether oxygens (including phenoxy) is 3. The summed E-state index contributed by atoms with van der Waals surface area (Å²) >= 11 is 0. The number of esters is 1. The largest absolute Gasteiger partial charge is 0.461 e. The van der Waals surface area contributed by atoms with Gasteiger partial charge in [-0.25, -0.2) is 9.89 Å². The van der Waals surface area contributed by atoms with Crippen LogP contribution in [0.1, 0.15) is 41.7 Å². The van der Waals surface area contributed by atoms with Crippen LogP contribution in [0, 0.1) is 0 Å². The zero-order chi connectivity index (χ0) is 20.1. The number of H-pyrrole nitrogens is 1. The molecule has 0 spiro atoms. The zero-order valence-electron chi connectivity index (χ0n) is 16.3. The van der Waals surface area contributed by atoms with Gasteiger partial charge in [0.2, 0.25) is 5.69 Å². The van der Waals surface area contributed by atoms with E-state index in [0.29, 0.717) is 11.7 Å². The van der Waals surface area contributed by atoms with Gasteiger partial charge in [0, 0.05) is 13.2 Å². The van der Waals surface area contributed by atoms with E-state index in [0.717, 1.165) is 37.2 Å². The Kier molecular flexibility index (Phi) is 5.86. The third-order valence-corrected chi connectivity index (χ3v) is 4.98. The predicted octanol–water partition coefficient (Wildman–Crippen LogP) is 4.33. The lowest BCUT2D eigenvalue weighted by Crippen LogP contribution is -2.13. The third kappa shape index (κ3) is 4.46. The molecule has 0 amide bonds. The number of carbonyl (C=O) groups excluding carboxylic acids is 1. The lowest BCUT2D eigenvalue weighted by atomic mass is 9.90. The van der Waals surface area contributed by atoms with Gasteiger partial charge in [-0.2, -0.15) is 0 Å². The van der Waals surface area contributed by atoms with E-state index in [1.165, 1.54) is 5.56 Å². The van der Waals surface area contributed by atoms with E-state index in [1.807, 2.05) is 24.3 Å². The Balaban J connectivity index is 1.49. The highest BCUT2D eigenvalue weighted by molar-refractivity contribution is 5.89. The second-order valence-electron chi connectivity index (χ2n) is 6.85. The molecule has 1 aliphatic heterocycles. The number of aromatic nitrogens is 3. The van der Waals surface area contributed by atoms with Gasteiger partial charge in [0.25, 0.3) is 5.88 Å². The number of nitrogens with zero attached hydrogens (tertiary/aromatic N) is 2. The highest BCUT2D eigenvalue weighted by Gasteiger charge is 2.19. The summed E-state index contributed by atoms with van der Waals surface area (Å²) in [6, 6.07) is 16.3. The van der Waals surface area contributed by atoms with Crippen LogP contribution in [0.4, 0.5) is 0 Å². The Bertz CT molecular complexity index is 962. The first kappa shape index (κ1) is 19.1. The van der Waals surface area contributed by atoms with Crippen molar-refractivity contribution in [1.29, 1.82) is 0 Å². The SMILES string of the molecule is CCOC(=O)c1[nH]nnc1Oc1ccc(-c2cccc(C3CCOCC3)c2)cc1. The molecule has 0 unspecified atom stereocenters. The molecule has 1 saturated heterocycles. The molecule has 1 N–H and O–H groups in total. The Hall–Kier alpha value is -3.19. The van der Waals surface area contributed by atoms with Crippen LogP contribution < -0.4 is 4.74 Å². The Morgan fingerprint density at radius 3 is 2.69 bits per heavy atom. The highest BCUT2D eigenvalue weighted by atomic mass is 16.5. The highest BCUT2D eigenvalue weighted by Crippen LogP contribution is 2.31. The van der Waals surface area contributed by atoms with Crippen molar-refractivity contribution in [3.05, 3.63) is 59.8 Å². The Morgan fingerprint density at radius 2 is 1.93 bits per heavy atom. The van der Waals surface area contributed by atoms with Crippen molar-refractivity contribution in [3.8, 4) is 22.8 Å². The molecule has 2 aromatic carbocycles. The molecule has 1 aliphatic rings. The molecule has 0 atom stereocenters. The zero-order valence-corrected chi connectivity index (χ0v) is 16.3.